The highest BCUT2D eigenvalue weighted by molar-refractivity contribution is 5.87. The molecule has 1 N–H and O–H groups in total. The van der Waals surface area contributed by atoms with Crippen LogP contribution in [0.1, 0.15) is 61.4 Å². The topological polar surface area (TPSA) is 46.5 Å². The first-order valence-electron chi connectivity index (χ1n) is 8.23. The van der Waals surface area contributed by atoms with Gasteiger partial charge in [0.05, 0.1) is 11.7 Å². The number of carboxylic acid groups (broad SMARTS) is 1. The molecule has 0 aromatic heterocycles. The van der Waals surface area contributed by atoms with Crippen LogP contribution in [-0.4, -0.2) is 23.8 Å². The number of carbonyl (C=O) groups is 1. The summed E-state index contributed by atoms with van der Waals surface area (Å²) in [5.41, 5.74) is 0.629. The van der Waals surface area contributed by atoms with Gasteiger partial charge in [-0.3, -0.25) is 0 Å². The van der Waals surface area contributed by atoms with Crippen LogP contribution in [0.5, 0.6) is 0 Å². The molecule has 0 heterocycles. The Morgan fingerprint density at radius 1 is 1.32 bits per heavy atom. The van der Waals surface area contributed by atoms with Crippen molar-refractivity contribution >= 4 is 5.97 Å². The zero-order valence-electron chi connectivity index (χ0n) is 13.2. The van der Waals surface area contributed by atoms with E-state index in [4.69, 9.17) is 9.84 Å². The summed E-state index contributed by atoms with van der Waals surface area (Å²) in [6.45, 7) is 2.98. The third-order valence-electron chi connectivity index (χ3n) is 4.46. The maximum atomic E-state index is 13.6. The number of hydrogen-bond acceptors (Lipinski definition) is 2. The summed E-state index contributed by atoms with van der Waals surface area (Å²) < 4.78 is 19.4. The molecule has 0 bridgehead atoms. The molecule has 1 aromatic rings. The van der Waals surface area contributed by atoms with E-state index in [0.717, 1.165) is 44.3 Å². The van der Waals surface area contributed by atoms with E-state index >= 15 is 0 Å². The fourth-order valence-electron chi connectivity index (χ4n) is 3.13. The number of hydrogen-bond donors (Lipinski definition) is 1. The molecular formula is C18H25FO3. The quantitative estimate of drug-likeness (QED) is 0.810. The third-order valence-corrected chi connectivity index (χ3v) is 4.46. The summed E-state index contributed by atoms with van der Waals surface area (Å²) in [6.07, 6.45) is 7.91. The molecule has 22 heavy (non-hydrogen) atoms. The van der Waals surface area contributed by atoms with Gasteiger partial charge in [0.15, 0.2) is 0 Å². The molecule has 0 atom stereocenters. The molecule has 0 unspecified atom stereocenters. The monoisotopic (exact) mass is 308 g/mol. The molecule has 122 valence electrons. The van der Waals surface area contributed by atoms with Crippen LogP contribution in [0.4, 0.5) is 4.39 Å². The minimum Gasteiger partial charge on any atom is -0.478 e. The first-order chi connectivity index (χ1) is 10.6. The maximum Gasteiger partial charge on any atom is 0.338 e. The summed E-state index contributed by atoms with van der Waals surface area (Å²) >= 11 is 0. The highest BCUT2D eigenvalue weighted by Crippen LogP contribution is 2.29. The lowest BCUT2D eigenvalue weighted by Crippen LogP contribution is -2.22. The molecule has 0 radical (unpaired) electrons. The molecule has 0 amide bonds. The van der Waals surface area contributed by atoms with Crippen molar-refractivity contribution in [3.05, 3.63) is 35.1 Å². The van der Waals surface area contributed by atoms with E-state index in [2.05, 4.69) is 6.92 Å². The average molecular weight is 308 g/mol. The van der Waals surface area contributed by atoms with Crippen molar-refractivity contribution in [1.82, 2.24) is 0 Å². The second-order valence-corrected chi connectivity index (χ2v) is 6.17. The highest BCUT2D eigenvalue weighted by atomic mass is 19.1. The van der Waals surface area contributed by atoms with E-state index in [0.29, 0.717) is 12.0 Å². The van der Waals surface area contributed by atoms with Crippen molar-refractivity contribution in [3.63, 3.8) is 0 Å². The SMILES string of the molecule is CCCO[C@H]1CC[C@H](CCc2ccc(C(=O)O)c(F)c2)CC1. The Hall–Kier alpha value is -1.42. The van der Waals surface area contributed by atoms with Crippen molar-refractivity contribution in [2.75, 3.05) is 6.61 Å². The molecule has 0 saturated heterocycles. The molecule has 2 rings (SSSR count). The van der Waals surface area contributed by atoms with Crippen LogP contribution in [0.3, 0.4) is 0 Å². The summed E-state index contributed by atoms with van der Waals surface area (Å²) in [7, 11) is 0. The van der Waals surface area contributed by atoms with Gasteiger partial charge in [0.2, 0.25) is 0 Å². The zero-order chi connectivity index (χ0) is 15.9. The molecule has 3 nitrogen and oxygen atoms in total. The fourth-order valence-corrected chi connectivity index (χ4v) is 3.13. The van der Waals surface area contributed by atoms with E-state index in [-0.39, 0.29) is 5.56 Å². The molecule has 1 aliphatic carbocycles. The number of aryl methyl sites for hydroxylation is 1. The lowest BCUT2D eigenvalue weighted by Gasteiger charge is -2.28. The molecule has 1 saturated carbocycles. The summed E-state index contributed by atoms with van der Waals surface area (Å²) in [4.78, 5) is 10.8. The molecular weight excluding hydrogens is 283 g/mol. The van der Waals surface area contributed by atoms with Gasteiger partial charge in [0.1, 0.15) is 5.82 Å². The Kier molecular flexibility index (Phi) is 6.37. The zero-order valence-corrected chi connectivity index (χ0v) is 13.2. The van der Waals surface area contributed by atoms with Gasteiger partial charge in [-0.1, -0.05) is 13.0 Å². The number of halogens is 1. The summed E-state index contributed by atoms with van der Waals surface area (Å²) in [5.74, 6) is -1.18. The Morgan fingerprint density at radius 3 is 2.64 bits per heavy atom. The largest absolute Gasteiger partial charge is 0.478 e. The second kappa shape index (κ2) is 8.28. The molecule has 4 heteroatoms. The van der Waals surface area contributed by atoms with E-state index in [1.807, 2.05) is 0 Å². The molecule has 0 aliphatic heterocycles. The van der Waals surface area contributed by atoms with Crippen LogP contribution in [0.25, 0.3) is 0 Å². The number of ether oxygens (including phenoxy) is 1. The van der Waals surface area contributed by atoms with Crippen molar-refractivity contribution in [2.24, 2.45) is 5.92 Å². The van der Waals surface area contributed by atoms with Crippen LogP contribution in [0.2, 0.25) is 0 Å². The van der Waals surface area contributed by atoms with Crippen molar-refractivity contribution in [1.29, 1.82) is 0 Å². The second-order valence-electron chi connectivity index (χ2n) is 6.17. The van der Waals surface area contributed by atoms with Crippen LogP contribution in [0, 0.1) is 11.7 Å². The van der Waals surface area contributed by atoms with Crippen LogP contribution in [-0.2, 0) is 11.2 Å². The van der Waals surface area contributed by atoms with Crippen molar-refractivity contribution in [3.8, 4) is 0 Å². The standard InChI is InChI=1S/C18H25FO3/c1-2-11-22-15-8-5-13(6-9-15)3-4-14-7-10-16(18(20)21)17(19)12-14/h7,10,12-13,15H,2-6,8-9,11H2,1H3,(H,20,21)/t13-,15-. The normalized spacial score (nSPS) is 21.7. The van der Waals surface area contributed by atoms with Gasteiger partial charge < -0.3 is 9.84 Å². The Bertz CT molecular complexity index is 493. The first kappa shape index (κ1) is 16.9. The van der Waals surface area contributed by atoms with E-state index in [9.17, 15) is 9.18 Å². The van der Waals surface area contributed by atoms with Gasteiger partial charge in [-0.05, 0) is 68.6 Å². The number of benzene rings is 1. The van der Waals surface area contributed by atoms with Gasteiger partial charge in [-0.15, -0.1) is 0 Å². The van der Waals surface area contributed by atoms with E-state index < -0.39 is 11.8 Å². The minimum atomic E-state index is -1.21. The highest BCUT2D eigenvalue weighted by Gasteiger charge is 2.21. The molecule has 1 aromatic carbocycles. The van der Waals surface area contributed by atoms with Gasteiger partial charge in [0.25, 0.3) is 0 Å². The lowest BCUT2D eigenvalue weighted by molar-refractivity contribution is 0.0177. The van der Waals surface area contributed by atoms with Crippen LogP contribution >= 0.6 is 0 Å². The smallest absolute Gasteiger partial charge is 0.338 e. The van der Waals surface area contributed by atoms with Gasteiger partial charge in [-0.2, -0.15) is 0 Å². The van der Waals surface area contributed by atoms with Gasteiger partial charge in [0, 0.05) is 6.61 Å². The van der Waals surface area contributed by atoms with Gasteiger partial charge >= 0.3 is 5.97 Å². The van der Waals surface area contributed by atoms with Gasteiger partial charge in [-0.25, -0.2) is 9.18 Å². The Labute approximate surface area is 131 Å². The third kappa shape index (κ3) is 4.80. The summed E-state index contributed by atoms with van der Waals surface area (Å²) in [5, 5.41) is 8.82. The number of rotatable bonds is 7. The van der Waals surface area contributed by atoms with Crippen molar-refractivity contribution < 1.29 is 19.0 Å². The molecule has 1 fully saturated rings. The molecule has 0 spiro atoms. The number of aromatic carboxylic acids is 1. The summed E-state index contributed by atoms with van der Waals surface area (Å²) in [6, 6.07) is 4.45. The number of carboxylic acids is 1. The Balaban J connectivity index is 1.77. The van der Waals surface area contributed by atoms with E-state index in [1.165, 1.54) is 25.0 Å². The van der Waals surface area contributed by atoms with E-state index in [1.54, 1.807) is 6.07 Å². The van der Waals surface area contributed by atoms with Crippen LogP contribution < -0.4 is 0 Å². The first-order valence-corrected chi connectivity index (χ1v) is 8.23. The average Bonchev–Trinajstić information content (AvgIpc) is 2.51. The lowest BCUT2D eigenvalue weighted by atomic mass is 9.83. The molecule has 1 aliphatic rings. The fraction of sp³-hybridized carbons (Fsp3) is 0.611. The minimum absolute atomic E-state index is 0.252. The Morgan fingerprint density at radius 2 is 2.05 bits per heavy atom. The predicted molar refractivity (Wildman–Crippen MR) is 83.7 cm³/mol. The predicted octanol–water partition coefficient (Wildman–Crippen LogP) is 4.44. The maximum absolute atomic E-state index is 13.6. The van der Waals surface area contributed by atoms with Crippen molar-refractivity contribution in [2.45, 2.75) is 58.0 Å². The van der Waals surface area contributed by atoms with Crippen LogP contribution in [0.15, 0.2) is 18.2 Å².